The zero-order chi connectivity index (χ0) is 13.9. The first-order valence-corrected chi connectivity index (χ1v) is 9.60. The van der Waals surface area contributed by atoms with Gasteiger partial charge >= 0.3 is 8.72 Å². The standard InChI is InChI=1S/C13H34N4Si/c1-6-9-14-18(15-10-7-2,16-11-8-3)17-12-13(4)5/h13-17H,6-12H2,1-5H3. The van der Waals surface area contributed by atoms with Crippen LogP contribution in [0.25, 0.3) is 0 Å². The Morgan fingerprint density at radius 2 is 1.11 bits per heavy atom. The maximum atomic E-state index is 3.74. The quantitative estimate of drug-likeness (QED) is 0.409. The first kappa shape index (κ1) is 18.1. The van der Waals surface area contributed by atoms with Crippen molar-refractivity contribution in [2.75, 3.05) is 26.2 Å². The lowest BCUT2D eigenvalue weighted by Crippen LogP contribution is -2.81. The predicted octanol–water partition coefficient (Wildman–Crippen LogP) is 1.67. The number of hydrogen-bond acceptors (Lipinski definition) is 4. The number of nitrogens with one attached hydrogen (secondary N) is 4. The van der Waals surface area contributed by atoms with E-state index in [2.05, 4.69) is 54.5 Å². The summed E-state index contributed by atoms with van der Waals surface area (Å²) in [5.74, 6) is 0.673. The molecule has 0 aliphatic rings. The van der Waals surface area contributed by atoms with Gasteiger partial charge in [-0.15, -0.1) is 0 Å². The summed E-state index contributed by atoms with van der Waals surface area (Å²) in [5, 5.41) is 0. The Bertz CT molecular complexity index is 166. The Morgan fingerprint density at radius 3 is 1.39 bits per heavy atom. The summed E-state index contributed by atoms with van der Waals surface area (Å²) in [7, 11) is -1.92. The van der Waals surface area contributed by atoms with E-state index in [1.165, 1.54) is 19.3 Å². The molecule has 5 heteroatoms. The smallest absolute Gasteiger partial charge is 0.301 e. The van der Waals surface area contributed by atoms with Gasteiger partial charge in [-0.2, -0.15) is 0 Å². The van der Waals surface area contributed by atoms with Crippen LogP contribution in [0.3, 0.4) is 0 Å². The van der Waals surface area contributed by atoms with E-state index in [-0.39, 0.29) is 0 Å². The molecular formula is C13H34N4Si. The lowest BCUT2D eigenvalue weighted by atomic mass is 10.2. The molecule has 0 spiro atoms. The minimum Gasteiger partial charge on any atom is -0.301 e. The van der Waals surface area contributed by atoms with E-state index in [9.17, 15) is 0 Å². The summed E-state index contributed by atoms with van der Waals surface area (Å²) in [6, 6.07) is 0. The van der Waals surface area contributed by atoms with Gasteiger partial charge in [0.1, 0.15) is 0 Å². The second kappa shape index (κ2) is 10.9. The van der Waals surface area contributed by atoms with Crippen LogP contribution in [0.1, 0.15) is 53.9 Å². The van der Waals surface area contributed by atoms with Crippen LogP contribution in [0, 0.1) is 5.92 Å². The van der Waals surface area contributed by atoms with E-state index in [4.69, 9.17) is 0 Å². The molecule has 0 aliphatic carbocycles. The third-order valence-electron chi connectivity index (χ3n) is 2.70. The molecule has 0 fully saturated rings. The van der Waals surface area contributed by atoms with Gasteiger partial charge < -0.3 is 19.9 Å². The second-order valence-corrected chi connectivity index (χ2v) is 8.22. The molecule has 0 heterocycles. The fourth-order valence-corrected chi connectivity index (χ4v) is 5.01. The van der Waals surface area contributed by atoms with Gasteiger partial charge in [0.05, 0.1) is 0 Å². The summed E-state index contributed by atoms with van der Waals surface area (Å²) in [6.45, 7) is 15.4. The molecule has 0 unspecified atom stereocenters. The first-order chi connectivity index (χ1) is 8.60. The zero-order valence-corrected chi connectivity index (χ0v) is 14.0. The minimum absolute atomic E-state index is 0.673. The highest BCUT2D eigenvalue weighted by Gasteiger charge is 2.32. The number of hydrogen-bond donors (Lipinski definition) is 4. The SMILES string of the molecule is CCCN[Si](NCCC)(NCCC)NCC(C)C. The average molecular weight is 275 g/mol. The van der Waals surface area contributed by atoms with Crippen LogP contribution in [0.15, 0.2) is 0 Å². The fraction of sp³-hybridized carbons (Fsp3) is 1.00. The van der Waals surface area contributed by atoms with Gasteiger partial charge in [-0.25, -0.2) is 0 Å². The van der Waals surface area contributed by atoms with Crippen molar-refractivity contribution >= 4 is 8.72 Å². The Kier molecular flexibility index (Phi) is 11.0. The van der Waals surface area contributed by atoms with Gasteiger partial charge in [-0.05, 0) is 51.4 Å². The van der Waals surface area contributed by atoms with Gasteiger partial charge in [0, 0.05) is 0 Å². The van der Waals surface area contributed by atoms with Crippen molar-refractivity contribution in [2.24, 2.45) is 5.92 Å². The highest BCUT2D eigenvalue weighted by atomic mass is 28.4. The summed E-state index contributed by atoms with van der Waals surface area (Å²) in [5.41, 5.74) is 0. The molecule has 110 valence electrons. The predicted molar refractivity (Wildman–Crippen MR) is 83.5 cm³/mol. The van der Waals surface area contributed by atoms with Crippen LogP contribution in [0.2, 0.25) is 0 Å². The van der Waals surface area contributed by atoms with E-state index in [1.807, 2.05) is 0 Å². The lowest BCUT2D eigenvalue weighted by Gasteiger charge is -2.34. The van der Waals surface area contributed by atoms with Crippen molar-refractivity contribution in [3.63, 3.8) is 0 Å². The molecule has 18 heavy (non-hydrogen) atoms. The summed E-state index contributed by atoms with van der Waals surface area (Å²) in [6.07, 6.45) is 3.50. The van der Waals surface area contributed by atoms with Crippen LogP contribution < -0.4 is 19.9 Å². The molecule has 4 N–H and O–H groups in total. The molecule has 0 radical (unpaired) electrons. The average Bonchev–Trinajstić information content (AvgIpc) is 2.37. The van der Waals surface area contributed by atoms with Crippen LogP contribution in [-0.2, 0) is 0 Å². The maximum Gasteiger partial charge on any atom is 0.365 e. The van der Waals surface area contributed by atoms with Crippen molar-refractivity contribution in [1.82, 2.24) is 19.9 Å². The van der Waals surface area contributed by atoms with Gasteiger partial charge in [0.15, 0.2) is 0 Å². The van der Waals surface area contributed by atoms with Crippen molar-refractivity contribution in [2.45, 2.75) is 53.9 Å². The largest absolute Gasteiger partial charge is 0.365 e. The Hall–Kier alpha value is 0.0569. The zero-order valence-electron chi connectivity index (χ0n) is 13.0. The molecule has 0 aromatic rings. The highest BCUT2D eigenvalue weighted by molar-refractivity contribution is 6.70. The molecule has 0 aromatic carbocycles. The van der Waals surface area contributed by atoms with Crippen LogP contribution in [-0.4, -0.2) is 34.9 Å². The molecule has 0 atom stereocenters. The Labute approximate surface area is 115 Å². The Balaban J connectivity index is 4.51. The third-order valence-corrected chi connectivity index (χ3v) is 5.77. The minimum atomic E-state index is -1.92. The van der Waals surface area contributed by atoms with Crippen molar-refractivity contribution in [1.29, 1.82) is 0 Å². The van der Waals surface area contributed by atoms with Crippen LogP contribution in [0.4, 0.5) is 0 Å². The van der Waals surface area contributed by atoms with E-state index < -0.39 is 8.72 Å². The molecule has 0 aromatic heterocycles. The lowest BCUT2D eigenvalue weighted by molar-refractivity contribution is 0.581. The molecular weight excluding hydrogens is 240 g/mol. The third kappa shape index (κ3) is 8.21. The maximum absolute atomic E-state index is 3.74. The molecule has 4 nitrogen and oxygen atoms in total. The second-order valence-electron chi connectivity index (χ2n) is 5.31. The molecule has 0 rings (SSSR count). The summed E-state index contributed by atoms with van der Waals surface area (Å²) >= 11 is 0. The van der Waals surface area contributed by atoms with E-state index in [0.29, 0.717) is 5.92 Å². The molecule has 0 saturated heterocycles. The van der Waals surface area contributed by atoms with Crippen LogP contribution >= 0.6 is 0 Å². The van der Waals surface area contributed by atoms with Gasteiger partial charge in [0.2, 0.25) is 0 Å². The van der Waals surface area contributed by atoms with Gasteiger partial charge in [-0.1, -0.05) is 34.6 Å². The topological polar surface area (TPSA) is 48.1 Å². The summed E-state index contributed by atoms with van der Waals surface area (Å²) in [4.78, 5) is 14.9. The van der Waals surface area contributed by atoms with Crippen molar-refractivity contribution in [3.05, 3.63) is 0 Å². The molecule has 0 bridgehead atoms. The first-order valence-electron chi connectivity index (χ1n) is 7.60. The monoisotopic (exact) mass is 274 g/mol. The number of rotatable bonds is 12. The van der Waals surface area contributed by atoms with E-state index in [1.54, 1.807) is 0 Å². The van der Waals surface area contributed by atoms with Gasteiger partial charge in [-0.3, -0.25) is 0 Å². The van der Waals surface area contributed by atoms with Crippen LogP contribution in [0.5, 0.6) is 0 Å². The van der Waals surface area contributed by atoms with Crippen molar-refractivity contribution in [3.8, 4) is 0 Å². The Morgan fingerprint density at radius 1 is 0.722 bits per heavy atom. The van der Waals surface area contributed by atoms with Gasteiger partial charge in [0.25, 0.3) is 0 Å². The van der Waals surface area contributed by atoms with E-state index >= 15 is 0 Å². The van der Waals surface area contributed by atoms with Crippen molar-refractivity contribution < 1.29 is 0 Å². The van der Waals surface area contributed by atoms with E-state index in [0.717, 1.165) is 26.2 Å². The summed E-state index contributed by atoms with van der Waals surface area (Å²) < 4.78 is 0. The highest BCUT2D eigenvalue weighted by Crippen LogP contribution is 1.93. The molecule has 0 amide bonds. The normalized spacial score (nSPS) is 12.3. The molecule has 0 aliphatic heterocycles. The fourth-order valence-electron chi connectivity index (χ4n) is 1.67. The molecule has 0 saturated carbocycles.